The molecule has 0 aliphatic heterocycles. The van der Waals surface area contributed by atoms with Crippen LogP contribution in [-0.4, -0.2) is 23.7 Å². The van der Waals surface area contributed by atoms with Gasteiger partial charge in [-0.1, -0.05) is 36.0 Å². The molecule has 0 aliphatic rings. The van der Waals surface area contributed by atoms with E-state index in [2.05, 4.69) is 24.9 Å². The molecule has 0 saturated heterocycles. The summed E-state index contributed by atoms with van der Waals surface area (Å²) in [5.74, 6) is -2.88. The molecular weight excluding hydrogens is 390 g/mol. The molecule has 3 aromatic rings. The molecule has 4 nitrogen and oxygen atoms in total. The minimum absolute atomic E-state index is 0.372. The zero-order valence-corrected chi connectivity index (χ0v) is 16.4. The number of nitrogens with zero attached hydrogens (tertiary/aromatic N) is 2. The standard InChI is InChI=1S/C19H18F2N2O2S2/c1-13-4-3-5-17(14(13)2)23-11-10-22-19(23)26-12-15-6-8-16(9-7-15)27(24,25)18(20)21/h3-11,18H,12H2,1-2H3. The van der Waals surface area contributed by atoms with Crippen LogP contribution in [0.3, 0.4) is 0 Å². The number of hydrogen-bond donors (Lipinski definition) is 0. The van der Waals surface area contributed by atoms with E-state index in [-0.39, 0.29) is 4.90 Å². The summed E-state index contributed by atoms with van der Waals surface area (Å²) in [5, 5.41) is 0.799. The van der Waals surface area contributed by atoms with Crippen molar-refractivity contribution in [2.24, 2.45) is 0 Å². The predicted octanol–water partition coefficient (Wildman–Crippen LogP) is 4.78. The van der Waals surface area contributed by atoms with E-state index in [1.54, 1.807) is 18.3 Å². The van der Waals surface area contributed by atoms with Crippen LogP contribution >= 0.6 is 11.8 Å². The summed E-state index contributed by atoms with van der Waals surface area (Å²) in [7, 11) is -4.56. The van der Waals surface area contributed by atoms with E-state index >= 15 is 0 Å². The average molecular weight is 408 g/mol. The van der Waals surface area contributed by atoms with Crippen LogP contribution in [-0.2, 0) is 15.6 Å². The fourth-order valence-electron chi connectivity index (χ4n) is 2.60. The number of alkyl halides is 2. The molecule has 0 N–H and O–H groups in total. The second-order valence-electron chi connectivity index (χ2n) is 6.04. The van der Waals surface area contributed by atoms with Crippen molar-refractivity contribution in [1.29, 1.82) is 0 Å². The molecule has 0 amide bonds. The maximum atomic E-state index is 12.6. The molecule has 27 heavy (non-hydrogen) atoms. The zero-order valence-electron chi connectivity index (χ0n) is 14.8. The minimum Gasteiger partial charge on any atom is -0.295 e. The molecular formula is C19H18F2N2O2S2. The Morgan fingerprint density at radius 3 is 2.48 bits per heavy atom. The number of sulfone groups is 1. The van der Waals surface area contributed by atoms with E-state index in [9.17, 15) is 17.2 Å². The van der Waals surface area contributed by atoms with Gasteiger partial charge in [-0.05, 0) is 48.7 Å². The van der Waals surface area contributed by atoms with Crippen LogP contribution in [0, 0.1) is 13.8 Å². The van der Waals surface area contributed by atoms with E-state index in [1.807, 2.05) is 22.9 Å². The van der Waals surface area contributed by atoms with Gasteiger partial charge in [-0.25, -0.2) is 13.4 Å². The smallest absolute Gasteiger partial charge is 0.295 e. The lowest BCUT2D eigenvalue weighted by atomic mass is 10.1. The third kappa shape index (κ3) is 4.06. The molecule has 0 fully saturated rings. The Kier molecular flexibility index (Phi) is 5.67. The Balaban J connectivity index is 1.77. The quantitative estimate of drug-likeness (QED) is 0.551. The fourth-order valence-corrected chi connectivity index (χ4v) is 4.25. The summed E-state index contributed by atoms with van der Waals surface area (Å²) >= 11 is 1.49. The van der Waals surface area contributed by atoms with Gasteiger partial charge in [0.25, 0.3) is 0 Å². The maximum absolute atomic E-state index is 12.6. The van der Waals surface area contributed by atoms with Crippen LogP contribution < -0.4 is 0 Å². The Morgan fingerprint density at radius 2 is 1.81 bits per heavy atom. The normalized spacial score (nSPS) is 11.9. The van der Waals surface area contributed by atoms with E-state index in [0.29, 0.717) is 5.75 Å². The molecule has 0 atom stereocenters. The number of halogens is 2. The van der Waals surface area contributed by atoms with E-state index in [0.717, 1.165) is 16.4 Å². The van der Waals surface area contributed by atoms with Crippen molar-refractivity contribution in [2.45, 2.75) is 35.4 Å². The van der Waals surface area contributed by atoms with Gasteiger partial charge >= 0.3 is 5.76 Å². The van der Waals surface area contributed by atoms with Crippen molar-refractivity contribution in [1.82, 2.24) is 9.55 Å². The molecule has 0 saturated carbocycles. The van der Waals surface area contributed by atoms with Crippen molar-refractivity contribution in [2.75, 3.05) is 0 Å². The number of rotatable bonds is 6. The lowest BCUT2D eigenvalue weighted by molar-refractivity contribution is 0.234. The van der Waals surface area contributed by atoms with Gasteiger partial charge in [-0.3, -0.25) is 4.57 Å². The third-order valence-corrected chi connectivity index (χ3v) is 6.73. The summed E-state index contributed by atoms with van der Waals surface area (Å²) in [6.07, 6.45) is 3.62. The monoisotopic (exact) mass is 408 g/mol. The van der Waals surface area contributed by atoms with Crippen LogP contribution in [0.1, 0.15) is 16.7 Å². The topological polar surface area (TPSA) is 52.0 Å². The van der Waals surface area contributed by atoms with Gasteiger partial charge < -0.3 is 0 Å². The Bertz CT molecular complexity index is 1050. The molecule has 1 aromatic heterocycles. The molecule has 2 aromatic carbocycles. The zero-order chi connectivity index (χ0) is 19.6. The first kappa shape index (κ1) is 19.6. The minimum atomic E-state index is -4.56. The summed E-state index contributed by atoms with van der Waals surface area (Å²) in [5.41, 5.74) is 4.23. The number of hydrogen-bond acceptors (Lipinski definition) is 4. The molecule has 8 heteroatoms. The first-order chi connectivity index (χ1) is 12.8. The molecule has 0 spiro atoms. The van der Waals surface area contributed by atoms with Crippen LogP contribution in [0.2, 0.25) is 0 Å². The SMILES string of the molecule is Cc1cccc(-n2ccnc2SCc2ccc(S(=O)(=O)C(F)F)cc2)c1C. The molecule has 0 unspecified atom stereocenters. The number of benzene rings is 2. The Hall–Kier alpha value is -2.19. The van der Waals surface area contributed by atoms with Crippen molar-refractivity contribution < 1.29 is 17.2 Å². The Morgan fingerprint density at radius 1 is 1.11 bits per heavy atom. The highest BCUT2D eigenvalue weighted by Gasteiger charge is 2.26. The number of thioether (sulfide) groups is 1. The molecule has 0 aliphatic carbocycles. The van der Waals surface area contributed by atoms with Gasteiger partial charge in [0.1, 0.15) is 0 Å². The highest BCUT2D eigenvalue weighted by Crippen LogP contribution is 2.27. The third-order valence-electron chi connectivity index (χ3n) is 4.30. The second-order valence-corrected chi connectivity index (χ2v) is 8.90. The van der Waals surface area contributed by atoms with Crippen molar-refractivity contribution >= 4 is 21.6 Å². The summed E-state index contributed by atoms with van der Waals surface area (Å²) in [4.78, 5) is 4.02. The highest BCUT2D eigenvalue weighted by atomic mass is 32.2. The highest BCUT2D eigenvalue weighted by molar-refractivity contribution is 7.98. The Labute approximate surface area is 161 Å². The van der Waals surface area contributed by atoms with Gasteiger partial charge in [-0.2, -0.15) is 8.78 Å². The summed E-state index contributed by atoms with van der Waals surface area (Å²) < 4.78 is 50.2. The molecule has 0 radical (unpaired) electrons. The first-order valence-corrected chi connectivity index (χ1v) is 10.7. The number of imidazole rings is 1. The lowest BCUT2D eigenvalue weighted by Gasteiger charge is -2.12. The van der Waals surface area contributed by atoms with Gasteiger partial charge in [0.15, 0.2) is 5.16 Å². The van der Waals surface area contributed by atoms with E-state index in [4.69, 9.17) is 0 Å². The van der Waals surface area contributed by atoms with Crippen LogP contribution in [0.15, 0.2) is 64.9 Å². The molecule has 1 heterocycles. The fraction of sp³-hybridized carbons (Fsp3) is 0.211. The summed E-state index contributed by atoms with van der Waals surface area (Å²) in [6.45, 7) is 4.11. The summed E-state index contributed by atoms with van der Waals surface area (Å²) in [6, 6.07) is 11.6. The maximum Gasteiger partial charge on any atom is 0.341 e. The van der Waals surface area contributed by atoms with Gasteiger partial charge in [0.2, 0.25) is 9.84 Å². The first-order valence-electron chi connectivity index (χ1n) is 8.14. The van der Waals surface area contributed by atoms with Crippen molar-refractivity contribution in [3.63, 3.8) is 0 Å². The van der Waals surface area contributed by atoms with Gasteiger partial charge in [0.05, 0.1) is 10.6 Å². The lowest BCUT2D eigenvalue weighted by Crippen LogP contribution is -2.11. The van der Waals surface area contributed by atoms with E-state index in [1.165, 1.54) is 35.0 Å². The molecule has 0 bridgehead atoms. The average Bonchev–Trinajstić information content (AvgIpc) is 3.11. The predicted molar refractivity (Wildman–Crippen MR) is 102 cm³/mol. The van der Waals surface area contributed by atoms with Crippen molar-refractivity contribution in [3.05, 3.63) is 71.5 Å². The van der Waals surface area contributed by atoms with E-state index < -0.39 is 15.6 Å². The van der Waals surface area contributed by atoms with Gasteiger partial charge in [0, 0.05) is 18.1 Å². The molecule has 142 valence electrons. The number of aromatic nitrogens is 2. The van der Waals surface area contributed by atoms with Crippen LogP contribution in [0.25, 0.3) is 5.69 Å². The molecule has 3 rings (SSSR count). The largest absolute Gasteiger partial charge is 0.341 e. The van der Waals surface area contributed by atoms with Crippen LogP contribution in [0.4, 0.5) is 8.78 Å². The second kappa shape index (κ2) is 7.82. The van der Waals surface area contributed by atoms with Crippen LogP contribution in [0.5, 0.6) is 0 Å². The van der Waals surface area contributed by atoms with Crippen molar-refractivity contribution in [3.8, 4) is 5.69 Å². The number of aryl methyl sites for hydroxylation is 1. The van der Waals surface area contributed by atoms with Gasteiger partial charge in [-0.15, -0.1) is 0 Å².